The molecule has 4 saturated carbocycles. The van der Waals surface area contributed by atoms with Crippen LogP contribution in [0.3, 0.4) is 0 Å². The first-order chi connectivity index (χ1) is 63.9. The Hall–Kier alpha value is -8.64. The first-order valence-electron chi connectivity index (χ1n) is 51.3. The number of ether oxygens (including phenoxy) is 7. The number of amides is 3. The SMILES string of the molecule is CC[C@@H]1[C@@H]2CN(C(=O)[C@H](C(C)(C)C)CC(=O)O[C@@H]3CCC[C@H]3CCCCCc3nc4ccc(OC)cc4nc3O2)[C@@H]1C(C)=O.CC[C@@H]1[C@@H]2CN(C(=O)[C@H](C(C)(C)C)CC(=O)O[C@]3(C)CCC[C@H]3CCCCCc3nc4ccc(OC)cc4nc3O2)[C@@H]1[C-]=O.CCc1ccc2nc3c(cc2c1)O[C@H]1CN(C(=O)[C@H](C(C)(C)C)CC(=O)C[C@@H]2[C@H]4CC[C@H](C4)[C@H]2CCCCC3)[C@H](C(C)=O)[C@@H]1CC.[V]. The average molecular weight is 1890 g/mol. The molecule has 20 atom stereocenters. The van der Waals surface area contributed by atoms with E-state index >= 15 is 0 Å². The van der Waals surface area contributed by atoms with Crippen LogP contribution >= 0.6 is 0 Å². The van der Waals surface area contributed by atoms with E-state index in [9.17, 15) is 43.2 Å². The predicted molar refractivity (Wildman–Crippen MR) is 517 cm³/mol. The fraction of sp³-hybridized carbons (Fsp3) is 0.691. The van der Waals surface area contributed by atoms with Crippen LogP contribution in [0, 0.1) is 87.3 Å². The van der Waals surface area contributed by atoms with Gasteiger partial charge in [0.15, 0.2) is 11.6 Å². The Bertz CT molecular complexity index is 5200. The fourth-order valence-electron chi connectivity index (χ4n) is 24.9. The van der Waals surface area contributed by atoms with Gasteiger partial charge >= 0.3 is 11.9 Å². The first-order valence-corrected chi connectivity index (χ1v) is 51.3. The van der Waals surface area contributed by atoms with E-state index < -0.39 is 69.9 Å². The van der Waals surface area contributed by atoms with Gasteiger partial charge in [0.05, 0.1) is 104 Å². The van der Waals surface area contributed by atoms with Crippen molar-refractivity contribution in [2.45, 2.75) is 364 Å². The molecule has 4 aliphatic carbocycles. The summed E-state index contributed by atoms with van der Waals surface area (Å²) in [6.45, 7) is 32.3. The number of fused-ring (bicyclic) bond motifs is 19. The zero-order chi connectivity index (χ0) is 96.0. The molecule has 735 valence electrons. The number of benzene rings is 3. The van der Waals surface area contributed by atoms with E-state index in [0.717, 1.165) is 173 Å². The number of rotatable bonds is 9. The maximum absolute atomic E-state index is 14.6. The third-order valence-electron chi connectivity index (χ3n) is 32.6. The fourth-order valence-corrected chi connectivity index (χ4v) is 24.9. The topological polar surface area (TPSA) is 292 Å². The van der Waals surface area contributed by atoms with Crippen molar-refractivity contribution in [3.05, 3.63) is 83.3 Å². The van der Waals surface area contributed by atoms with E-state index in [0.29, 0.717) is 103 Å². The second-order valence-electron chi connectivity index (χ2n) is 44.5. The molecule has 3 aromatic heterocycles. The zero-order valence-electron chi connectivity index (χ0n) is 84.0. The molecule has 3 saturated heterocycles. The van der Waals surface area contributed by atoms with Crippen LogP contribution in [0.25, 0.3) is 33.0 Å². The van der Waals surface area contributed by atoms with Crippen LogP contribution in [-0.2, 0) is 96.9 Å². The average Bonchev–Trinajstić information content (AvgIpc) is 1.63. The standard InChI is InChI=1S/C40H56N2O4.C35H48N3O6.C35H49N3O6.V/c1-7-25-14-17-34-28(18-25)20-36-35(41-34)13-11-9-10-12-31-26-15-16-27(19-26)32(31)21-29(44)22-33(40(4,5)6)39(45)42-23-37(46-36)30(8-2)38(42)24(3)43;1-7-24-29(21-39)38-20-30(24)43-32-27(36-26-16-15-23(42-6)18-28(26)37-32)14-10-8-9-12-22-13-11-17-35(22,5)44-31(40)19-25(33(38)41)34(2,3)4;1-7-24-30-20-38(32(24)21(2)39)34(41)25(35(3,4)5)19-31(40)43-29-15-11-13-22(29)12-9-8-10-14-27-33(44-30)37-28-18-23(42-6)16-17-26(28)36-27;/h14,17-18,20,26-27,30-33,37-38H,7-13,15-16,19,21-23H2,1-6H3;15-16,18,22,24-25,29-30H,7-14,17,19-20H2,1-6H3;16-18,22,24-25,29-30,32H,7-15,19-20H2,1-6H3;/q;-1;;/t26-,27+,30-,31-,32-,33-,37+,38-;22-,24+,25-,29-,30+,35-;22-,24-,25-,29-,30+,32-;/m111./s1. The summed E-state index contributed by atoms with van der Waals surface area (Å²) in [7, 11) is 3.24. The molecule has 3 aromatic carbocycles. The number of hydrogen-bond donors (Lipinski definition) is 0. The number of carbonyl (C=O) groups is 8. The Kier molecular flexibility index (Phi) is 34.3. The van der Waals surface area contributed by atoms with Gasteiger partial charge in [-0.05, 0) is 261 Å². The molecule has 135 heavy (non-hydrogen) atoms. The molecule has 6 aromatic rings. The number of aromatic nitrogens is 5. The summed E-state index contributed by atoms with van der Waals surface area (Å²) in [6, 6.07) is 17.9. The number of aryl methyl sites for hydroxylation is 4. The van der Waals surface area contributed by atoms with Crippen molar-refractivity contribution >= 4 is 86.3 Å². The number of methoxy groups -OCH3 is 2. The van der Waals surface area contributed by atoms with Crippen LogP contribution in [0.15, 0.2) is 60.7 Å². The van der Waals surface area contributed by atoms with Crippen molar-refractivity contribution in [1.82, 2.24) is 39.6 Å². The van der Waals surface area contributed by atoms with Crippen LogP contribution < -0.4 is 23.7 Å². The van der Waals surface area contributed by atoms with Gasteiger partial charge in [-0.2, -0.15) is 0 Å². The molecule has 0 spiro atoms. The third kappa shape index (κ3) is 23.8. The summed E-state index contributed by atoms with van der Waals surface area (Å²) in [5.74, 6) is 2.79. The molecule has 7 fully saturated rings. The van der Waals surface area contributed by atoms with Crippen LogP contribution in [0.1, 0.15) is 313 Å². The summed E-state index contributed by atoms with van der Waals surface area (Å²) in [5.41, 5.74) is 5.70. The number of pyridine rings is 1. The van der Waals surface area contributed by atoms with Gasteiger partial charge in [0.2, 0.25) is 29.5 Å². The van der Waals surface area contributed by atoms with E-state index in [2.05, 4.69) is 72.1 Å². The van der Waals surface area contributed by atoms with Crippen LogP contribution in [0.4, 0.5) is 0 Å². The predicted octanol–water partition coefficient (Wildman–Crippen LogP) is 20.3. The van der Waals surface area contributed by atoms with Crippen molar-refractivity contribution in [2.75, 3.05) is 33.9 Å². The molecule has 16 rings (SSSR count). The maximum atomic E-state index is 14.6. The molecule has 25 heteroatoms. The minimum atomic E-state index is -0.783. The van der Waals surface area contributed by atoms with Gasteiger partial charge in [0.1, 0.15) is 64.4 Å². The molecule has 8 bridgehead atoms. The Morgan fingerprint density at radius 3 is 1.47 bits per heavy atom. The van der Waals surface area contributed by atoms with E-state index in [4.69, 9.17) is 58.1 Å². The van der Waals surface area contributed by atoms with Crippen molar-refractivity contribution in [3.63, 3.8) is 0 Å². The van der Waals surface area contributed by atoms with Gasteiger partial charge in [-0.15, -0.1) is 0 Å². The van der Waals surface area contributed by atoms with Gasteiger partial charge in [0, 0.05) is 66.7 Å². The Morgan fingerprint density at radius 2 is 0.933 bits per heavy atom. The summed E-state index contributed by atoms with van der Waals surface area (Å²) in [6.07, 6.45) is 29.1. The first kappa shape index (κ1) is 104. The molecular formula is C110H153N8O16V-. The molecule has 6 aliphatic heterocycles. The Balaban J connectivity index is 0.000000171. The van der Waals surface area contributed by atoms with Crippen molar-refractivity contribution in [1.29, 1.82) is 0 Å². The van der Waals surface area contributed by atoms with Gasteiger partial charge in [-0.1, -0.05) is 147 Å². The van der Waals surface area contributed by atoms with E-state index in [1.54, 1.807) is 42.8 Å². The second kappa shape index (κ2) is 44.7. The van der Waals surface area contributed by atoms with Gasteiger partial charge in [0.25, 0.3) is 0 Å². The maximum Gasteiger partial charge on any atom is 0.307 e. The molecule has 1 radical (unpaired) electrons. The summed E-state index contributed by atoms with van der Waals surface area (Å²) in [4.78, 5) is 153. The molecule has 3 amide bonds. The number of ketones is 3. The van der Waals surface area contributed by atoms with Crippen LogP contribution in [0.5, 0.6) is 29.0 Å². The largest absolute Gasteiger partial charge is 0.540 e. The van der Waals surface area contributed by atoms with E-state index in [1.807, 2.05) is 91.8 Å². The Labute approximate surface area is 813 Å². The molecule has 0 N–H and O–H groups in total. The Morgan fingerprint density at radius 1 is 0.459 bits per heavy atom. The zero-order valence-corrected chi connectivity index (χ0v) is 85.4. The molecule has 0 unspecified atom stereocenters. The quantitative estimate of drug-likeness (QED) is 0.0959. The van der Waals surface area contributed by atoms with Gasteiger partial charge in [-0.3, -0.25) is 38.4 Å². The number of hydrogen-bond acceptors (Lipinski definition) is 21. The molecule has 9 heterocycles. The molecule has 10 aliphatic rings. The number of nitrogens with zero attached hydrogens (tertiary/aromatic N) is 8. The number of carbonyl (C=O) groups excluding carboxylic acids is 9. The van der Waals surface area contributed by atoms with Crippen molar-refractivity contribution in [2.24, 2.45) is 87.3 Å². The van der Waals surface area contributed by atoms with E-state index in [1.165, 1.54) is 37.7 Å². The van der Waals surface area contributed by atoms with Crippen molar-refractivity contribution in [3.8, 4) is 29.0 Å². The second-order valence-corrected chi connectivity index (χ2v) is 44.5. The molecule has 24 nitrogen and oxygen atoms in total. The smallest absolute Gasteiger partial charge is 0.307 e. The van der Waals surface area contributed by atoms with Crippen LogP contribution in [-0.4, -0.2) is 175 Å². The monoisotopic (exact) mass is 1890 g/mol. The van der Waals surface area contributed by atoms with Gasteiger partial charge in [-0.25, -0.2) is 31.2 Å². The summed E-state index contributed by atoms with van der Waals surface area (Å²) < 4.78 is 43.4. The third-order valence-corrected chi connectivity index (χ3v) is 32.6. The molecular weight excluding hydrogens is 1740 g/mol. The van der Waals surface area contributed by atoms with Crippen LogP contribution in [0.2, 0.25) is 0 Å². The number of Topliss-reactive ketones (excluding diaryl/α,β-unsaturated/α-hetero) is 3. The summed E-state index contributed by atoms with van der Waals surface area (Å²) in [5, 5.41) is 1.07. The van der Waals surface area contributed by atoms with Crippen molar-refractivity contribution < 1.29 is 94.9 Å². The minimum Gasteiger partial charge on any atom is -0.540 e. The summed E-state index contributed by atoms with van der Waals surface area (Å²) >= 11 is 0. The normalized spacial score (nSPS) is 30.4. The minimum absolute atomic E-state index is 0. The van der Waals surface area contributed by atoms with E-state index in [-0.39, 0.29) is 128 Å². The van der Waals surface area contributed by atoms with Gasteiger partial charge < -0.3 is 52.7 Å². The number of esters is 2.